The van der Waals surface area contributed by atoms with E-state index in [2.05, 4.69) is 14.2 Å². The molecule has 116 valence electrons. The predicted molar refractivity (Wildman–Crippen MR) is 52.1 cm³/mol. The van der Waals surface area contributed by atoms with Gasteiger partial charge in [-0.05, 0) is 0 Å². The van der Waals surface area contributed by atoms with Gasteiger partial charge in [0.2, 0.25) is 0 Å². The molecule has 0 aromatic heterocycles. The van der Waals surface area contributed by atoms with Gasteiger partial charge in [-0.2, -0.15) is 4.39 Å². The maximum absolute atomic E-state index is 11.6. The fraction of sp³-hybridized carbons (Fsp3) is 0.571. The van der Waals surface area contributed by atoms with Crippen molar-refractivity contribution >= 4 is 25.4 Å². The van der Waals surface area contributed by atoms with Gasteiger partial charge in [-0.1, -0.05) is 0 Å². The van der Waals surface area contributed by atoms with Crippen LogP contribution < -0.4 is 23.9 Å². The monoisotopic (exact) mass is 310 g/mol. The predicted octanol–water partition coefficient (Wildman–Crippen LogP) is -5.65. The Balaban J connectivity index is -0.000000242. The van der Waals surface area contributed by atoms with Crippen molar-refractivity contribution in [2.75, 3.05) is 19.9 Å². The molecule has 1 unspecified atom stereocenters. The Hall–Kier alpha value is -1.39. The van der Waals surface area contributed by atoms with Crippen LogP contribution in [0.2, 0.25) is 0 Å². The zero-order valence-electron chi connectivity index (χ0n) is 10.7. The minimum atomic E-state index is -2.42. The number of carbonyl (C=O) groups excluding carboxylic acids is 2. The van der Waals surface area contributed by atoms with Crippen molar-refractivity contribution in [3.8, 4) is 0 Å². The second-order valence-corrected chi connectivity index (χ2v) is 2.55. The largest absolute Gasteiger partial charge is 1.00 e. The third-order valence-electron chi connectivity index (χ3n) is 1.04. The summed E-state index contributed by atoms with van der Waals surface area (Å²) >= 11 is 0. The second-order valence-electron chi connectivity index (χ2n) is 2.55. The van der Waals surface area contributed by atoms with Crippen LogP contribution in [0.1, 0.15) is 0 Å². The Bertz CT molecular complexity index is 315. The van der Waals surface area contributed by atoms with Crippen LogP contribution in [0.4, 0.5) is 13.6 Å². The van der Waals surface area contributed by atoms with E-state index in [1.54, 1.807) is 0 Å². The molecule has 1 fully saturated rings. The maximum atomic E-state index is 11.6. The number of hydrogen-bond donors (Lipinski definition) is 3. The minimum absolute atomic E-state index is 0. The number of ether oxygens (including phenoxy) is 3. The molecule has 0 aliphatic carbocycles. The zero-order chi connectivity index (χ0) is 16.1. The van der Waals surface area contributed by atoms with E-state index in [0.717, 1.165) is 0 Å². The van der Waals surface area contributed by atoms with Crippen LogP contribution in [-0.2, 0) is 23.8 Å². The molecule has 1 aliphatic heterocycles. The van der Waals surface area contributed by atoms with Crippen molar-refractivity contribution in [3.05, 3.63) is 0 Å². The van der Waals surface area contributed by atoms with Crippen LogP contribution in [0.5, 0.6) is 0 Å². The number of rotatable bonds is 2. The van der Waals surface area contributed by atoms with Crippen molar-refractivity contribution < 1.29 is 76.4 Å². The molecule has 3 N–H and O–H groups in total. The molecular formula is C7H10BF2LiO10. The number of carbonyl (C=O) groups is 3. The number of cyclic esters (lactones) is 2. The number of aliphatic carboxylic acids is 1. The maximum Gasteiger partial charge on any atom is 1.00 e. The van der Waals surface area contributed by atoms with Crippen molar-refractivity contribution in [3.63, 3.8) is 0 Å². The molecular weight excluding hydrogens is 300 g/mol. The third kappa shape index (κ3) is 21.1. The molecule has 1 atom stereocenters. The fourth-order valence-electron chi connectivity index (χ4n) is 0.499. The van der Waals surface area contributed by atoms with Gasteiger partial charge in [-0.25, -0.2) is 18.8 Å². The van der Waals surface area contributed by atoms with E-state index in [0.29, 0.717) is 0 Å². The van der Waals surface area contributed by atoms with Crippen molar-refractivity contribution in [2.24, 2.45) is 0 Å². The Kier molecular flexibility index (Phi) is 17.6. The molecule has 0 spiro atoms. The molecule has 1 saturated heterocycles. The first-order valence-corrected chi connectivity index (χ1v) is 4.66. The van der Waals surface area contributed by atoms with Gasteiger partial charge >= 0.3 is 44.3 Å². The Labute approximate surface area is 128 Å². The number of hydrogen-bond acceptors (Lipinski definition) is 9. The van der Waals surface area contributed by atoms with E-state index in [-0.39, 0.29) is 25.5 Å². The van der Waals surface area contributed by atoms with Crippen LogP contribution in [-0.4, -0.2) is 66.8 Å². The smallest absolute Gasteiger partial charge is 0.832 e. The van der Waals surface area contributed by atoms with Gasteiger partial charge < -0.3 is 34.4 Å². The summed E-state index contributed by atoms with van der Waals surface area (Å²) in [5, 5.41) is 30.6. The summed E-state index contributed by atoms with van der Waals surface area (Å²) < 4.78 is 34.5. The van der Waals surface area contributed by atoms with Crippen LogP contribution in [0.15, 0.2) is 0 Å². The molecule has 21 heavy (non-hydrogen) atoms. The average molecular weight is 310 g/mol. The summed E-state index contributed by atoms with van der Waals surface area (Å²) in [6.45, 7) is -1.62. The van der Waals surface area contributed by atoms with Crippen molar-refractivity contribution in [1.82, 2.24) is 0 Å². The molecule has 0 saturated carbocycles. The van der Waals surface area contributed by atoms with E-state index in [1.165, 1.54) is 0 Å². The van der Waals surface area contributed by atoms with Gasteiger partial charge in [0.15, 0.2) is 6.61 Å². The summed E-state index contributed by atoms with van der Waals surface area (Å²) in [5.74, 6) is -3.13. The SMILES string of the molecule is O=C(O)C(=O)OCCF.O=C1OCC(F)O1.[Li+].[O-]B(O)O. The minimum Gasteiger partial charge on any atom is -0.832 e. The number of alkyl halides is 2. The molecule has 10 nitrogen and oxygen atoms in total. The van der Waals surface area contributed by atoms with E-state index in [9.17, 15) is 23.2 Å². The normalized spacial score (nSPS) is 14.7. The third-order valence-corrected chi connectivity index (χ3v) is 1.04. The molecule has 0 aromatic carbocycles. The summed E-state index contributed by atoms with van der Waals surface area (Å²) in [4.78, 5) is 29.3. The Morgan fingerprint density at radius 1 is 1.48 bits per heavy atom. The molecule has 1 heterocycles. The van der Waals surface area contributed by atoms with Crippen molar-refractivity contribution in [2.45, 2.75) is 6.36 Å². The first-order chi connectivity index (χ1) is 9.20. The molecule has 1 rings (SSSR count). The standard InChI is InChI=1S/C4H5FO4.C3H3FO3.BH2O3.Li/c5-1-2-9-4(8)3(6)7;4-2-1-6-3(5)7-2;2-1(3)4;/h1-2H2,(H,6,7);2H,1H2;2-3H;/q;;-1;+1. The molecule has 0 aromatic rings. The Morgan fingerprint density at radius 3 is 2.14 bits per heavy atom. The van der Waals surface area contributed by atoms with Gasteiger partial charge in [0.25, 0.3) is 6.36 Å². The van der Waals surface area contributed by atoms with Crippen LogP contribution in [0.3, 0.4) is 0 Å². The van der Waals surface area contributed by atoms with E-state index in [1.807, 2.05) is 0 Å². The van der Waals surface area contributed by atoms with Gasteiger partial charge in [0.1, 0.15) is 13.3 Å². The van der Waals surface area contributed by atoms with Crippen LogP contribution in [0.25, 0.3) is 0 Å². The fourth-order valence-corrected chi connectivity index (χ4v) is 0.499. The summed E-state index contributed by atoms with van der Waals surface area (Å²) in [6.07, 6.45) is -2.47. The van der Waals surface area contributed by atoms with E-state index in [4.69, 9.17) is 20.2 Å². The second kappa shape index (κ2) is 15.0. The molecule has 0 amide bonds. The number of halogens is 2. The summed E-state index contributed by atoms with van der Waals surface area (Å²) in [6, 6.07) is 0. The van der Waals surface area contributed by atoms with Gasteiger partial charge in [-0.3, -0.25) is 0 Å². The van der Waals surface area contributed by atoms with Gasteiger partial charge in [0, 0.05) is 0 Å². The molecule has 0 bridgehead atoms. The number of esters is 1. The van der Waals surface area contributed by atoms with Crippen molar-refractivity contribution in [1.29, 1.82) is 0 Å². The van der Waals surface area contributed by atoms with Crippen LogP contribution >= 0.6 is 0 Å². The average Bonchev–Trinajstić information content (AvgIpc) is 2.70. The summed E-state index contributed by atoms with van der Waals surface area (Å²) in [7, 11) is -2.42. The molecule has 0 radical (unpaired) electrons. The topological polar surface area (TPSA) is 163 Å². The summed E-state index contributed by atoms with van der Waals surface area (Å²) in [5.41, 5.74) is 0. The molecule has 14 heteroatoms. The first kappa shape index (κ1) is 24.6. The Morgan fingerprint density at radius 2 is 1.95 bits per heavy atom. The number of carboxylic acids is 1. The first-order valence-electron chi connectivity index (χ1n) is 4.66. The van der Waals surface area contributed by atoms with E-state index >= 15 is 0 Å². The van der Waals surface area contributed by atoms with Crippen LogP contribution in [0, 0.1) is 0 Å². The quantitative estimate of drug-likeness (QED) is 0.254. The zero-order valence-corrected chi connectivity index (χ0v) is 10.7. The number of carboxylic acid groups (broad SMARTS) is 1. The van der Waals surface area contributed by atoms with Gasteiger partial charge in [-0.15, -0.1) is 0 Å². The molecule has 1 aliphatic rings. The van der Waals surface area contributed by atoms with Gasteiger partial charge in [0.05, 0.1) is 0 Å². The van der Waals surface area contributed by atoms with E-state index < -0.39 is 45.1 Å².